The minimum Gasteiger partial charge on any atom is -0.483 e. The zero-order valence-electron chi connectivity index (χ0n) is 16.4. The van der Waals surface area contributed by atoms with Crippen molar-refractivity contribution in [1.29, 1.82) is 0 Å². The van der Waals surface area contributed by atoms with Crippen LogP contribution in [-0.2, 0) is 14.3 Å². The highest BCUT2D eigenvalue weighted by Gasteiger charge is 2.23. The van der Waals surface area contributed by atoms with Gasteiger partial charge in [-0.3, -0.25) is 9.59 Å². The van der Waals surface area contributed by atoms with E-state index in [1.807, 2.05) is 69.3 Å². The molecule has 5 nitrogen and oxygen atoms in total. The monoisotopic (exact) mass is 369 g/mol. The molecule has 0 aliphatic carbocycles. The third-order valence-corrected chi connectivity index (χ3v) is 4.60. The van der Waals surface area contributed by atoms with Gasteiger partial charge in [-0.1, -0.05) is 48.5 Å². The number of benzene rings is 2. The van der Waals surface area contributed by atoms with Crippen molar-refractivity contribution < 1.29 is 19.1 Å². The third-order valence-electron chi connectivity index (χ3n) is 4.60. The number of methoxy groups -OCH3 is 1. The quantitative estimate of drug-likeness (QED) is 0.664. The van der Waals surface area contributed by atoms with E-state index in [0.717, 1.165) is 22.4 Å². The fraction of sp³-hybridized carbons (Fsp3) is 0.364. The summed E-state index contributed by atoms with van der Waals surface area (Å²) in [7, 11) is 1.35. The van der Waals surface area contributed by atoms with Crippen LogP contribution in [0.25, 0.3) is 0 Å². The van der Waals surface area contributed by atoms with Crippen LogP contribution in [0.4, 0.5) is 0 Å². The minimum atomic E-state index is -0.344. The van der Waals surface area contributed by atoms with Crippen LogP contribution in [0, 0.1) is 13.8 Å². The van der Waals surface area contributed by atoms with Crippen LogP contribution in [0.15, 0.2) is 48.5 Å². The molecule has 0 saturated carbocycles. The van der Waals surface area contributed by atoms with Gasteiger partial charge in [0.1, 0.15) is 5.75 Å². The molecule has 0 aromatic heterocycles. The van der Waals surface area contributed by atoms with Crippen LogP contribution in [0.2, 0.25) is 0 Å². The van der Waals surface area contributed by atoms with Crippen LogP contribution < -0.4 is 4.74 Å². The largest absolute Gasteiger partial charge is 0.483 e. The van der Waals surface area contributed by atoms with E-state index in [4.69, 9.17) is 9.47 Å². The number of hydrogen-bond acceptors (Lipinski definition) is 4. The lowest BCUT2D eigenvalue weighted by Crippen LogP contribution is -2.38. The lowest BCUT2D eigenvalue weighted by atomic mass is 10.1. The van der Waals surface area contributed by atoms with Crippen LogP contribution in [0.3, 0.4) is 0 Å². The Kier molecular flexibility index (Phi) is 7.41. The standard InChI is InChI=1S/C22H27NO4/c1-16-9-8-10-17(2)22(16)27-15-20(24)23(14-13-21(25)26-4)18(3)19-11-6-5-7-12-19/h5-12,18H,13-15H2,1-4H3. The number of esters is 1. The van der Waals surface area contributed by atoms with Crippen molar-refractivity contribution >= 4 is 11.9 Å². The Hall–Kier alpha value is -2.82. The Labute approximate surface area is 160 Å². The number of amides is 1. The maximum absolute atomic E-state index is 12.9. The van der Waals surface area contributed by atoms with Crippen molar-refractivity contribution in [3.8, 4) is 5.75 Å². The molecule has 1 unspecified atom stereocenters. The molecule has 144 valence electrons. The first-order valence-electron chi connectivity index (χ1n) is 9.04. The number of aryl methyl sites for hydroxylation is 2. The van der Waals surface area contributed by atoms with E-state index in [1.54, 1.807) is 4.90 Å². The number of para-hydroxylation sites is 1. The van der Waals surface area contributed by atoms with Crippen molar-refractivity contribution in [3.05, 3.63) is 65.2 Å². The van der Waals surface area contributed by atoms with E-state index >= 15 is 0 Å². The average molecular weight is 369 g/mol. The van der Waals surface area contributed by atoms with Crippen molar-refractivity contribution in [3.63, 3.8) is 0 Å². The number of hydrogen-bond donors (Lipinski definition) is 0. The first-order chi connectivity index (χ1) is 12.9. The van der Waals surface area contributed by atoms with Gasteiger partial charge in [0.2, 0.25) is 0 Å². The first-order valence-corrected chi connectivity index (χ1v) is 9.04. The van der Waals surface area contributed by atoms with Gasteiger partial charge in [0, 0.05) is 6.54 Å². The zero-order valence-corrected chi connectivity index (χ0v) is 16.4. The SMILES string of the molecule is COC(=O)CCN(C(=O)COc1c(C)cccc1C)C(C)c1ccccc1. The van der Waals surface area contributed by atoms with Crippen molar-refractivity contribution in [2.45, 2.75) is 33.2 Å². The highest BCUT2D eigenvalue weighted by atomic mass is 16.5. The molecule has 1 atom stereocenters. The number of carbonyl (C=O) groups excluding carboxylic acids is 2. The van der Waals surface area contributed by atoms with E-state index in [2.05, 4.69) is 0 Å². The summed E-state index contributed by atoms with van der Waals surface area (Å²) >= 11 is 0. The summed E-state index contributed by atoms with van der Waals surface area (Å²) in [5.74, 6) is 0.216. The molecule has 0 spiro atoms. The van der Waals surface area contributed by atoms with Gasteiger partial charge in [0.05, 0.1) is 19.6 Å². The smallest absolute Gasteiger partial charge is 0.307 e. The Morgan fingerprint density at radius 3 is 2.22 bits per heavy atom. The summed E-state index contributed by atoms with van der Waals surface area (Å²) < 4.78 is 10.5. The van der Waals surface area contributed by atoms with E-state index < -0.39 is 0 Å². The topological polar surface area (TPSA) is 55.8 Å². The molecule has 0 fully saturated rings. The van der Waals surface area contributed by atoms with Crippen molar-refractivity contribution in [1.82, 2.24) is 4.90 Å². The Balaban J connectivity index is 2.13. The Morgan fingerprint density at radius 2 is 1.63 bits per heavy atom. The Bertz CT molecular complexity index is 753. The Morgan fingerprint density at radius 1 is 1.00 bits per heavy atom. The lowest BCUT2D eigenvalue weighted by Gasteiger charge is -2.29. The summed E-state index contributed by atoms with van der Waals surface area (Å²) in [6.07, 6.45) is 0.142. The van der Waals surface area contributed by atoms with Crippen LogP contribution >= 0.6 is 0 Å². The molecule has 2 aromatic carbocycles. The average Bonchev–Trinajstić information content (AvgIpc) is 2.68. The molecule has 27 heavy (non-hydrogen) atoms. The molecule has 1 amide bonds. The molecule has 2 aromatic rings. The molecule has 0 radical (unpaired) electrons. The molecule has 0 saturated heterocycles. The molecule has 0 N–H and O–H groups in total. The van der Waals surface area contributed by atoms with Gasteiger partial charge in [-0.2, -0.15) is 0 Å². The van der Waals surface area contributed by atoms with Gasteiger partial charge < -0.3 is 14.4 Å². The van der Waals surface area contributed by atoms with Crippen molar-refractivity contribution in [2.75, 3.05) is 20.3 Å². The highest BCUT2D eigenvalue weighted by molar-refractivity contribution is 5.79. The first kappa shape index (κ1) is 20.5. The maximum Gasteiger partial charge on any atom is 0.307 e. The normalized spacial score (nSPS) is 11.6. The number of rotatable bonds is 8. The number of carbonyl (C=O) groups is 2. The van der Waals surface area contributed by atoms with E-state index in [0.29, 0.717) is 0 Å². The van der Waals surface area contributed by atoms with E-state index in [9.17, 15) is 9.59 Å². The molecular formula is C22H27NO4. The van der Waals surface area contributed by atoms with Crippen LogP contribution in [0.5, 0.6) is 5.75 Å². The minimum absolute atomic E-state index is 0.0793. The summed E-state index contributed by atoms with van der Waals surface area (Å²) in [5, 5.41) is 0. The van der Waals surface area contributed by atoms with Gasteiger partial charge in [-0.25, -0.2) is 0 Å². The van der Waals surface area contributed by atoms with Gasteiger partial charge in [-0.15, -0.1) is 0 Å². The molecule has 0 aliphatic heterocycles. The van der Waals surface area contributed by atoms with Gasteiger partial charge in [-0.05, 0) is 37.5 Å². The summed E-state index contributed by atoms with van der Waals surface area (Å²) in [6.45, 7) is 6.05. The lowest BCUT2D eigenvalue weighted by molar-refractivity contribution is -0.142. The molecule has 0 aliphatic rings. The molecule has 0 heterocycles. The van der Waals surface area contributed by atoms with Gasteiger partial charge >= 0.3 is 5.97 Å². The second-order valence-electron chi connectivity index (χ2n) is 6.51. The fourth-order valence-electron chi connectivity index (χ4n) is 3.00. The van der Waals surface area contributed by atoms with Gasteiger partial charge in [0.15, 0.2) is 6.61 Å². The summed E-state index contributed by atoms with van der Waals surface area (Å²) in [6, 6.07) is 15.4. The number of ether oxygens (including phenoxy) is 2. The second kappa shape index (κ2) is 9.76. The zero-order chi connectivity index (χ0) is 19.8. The predicted molar refractivity (Wildman–Crippen MR) is 105 cm³/mol. The molecule has 2 rings (SSSR count). The number of nitrogens with zero attached hydrogens (tertiary/aromatic N) is 1. The van der Waals surface area contributed by atoms with Crippen LogP contribution in [-0.4, -0.2) is 37.0 Å². The van der Waals surface area contributed by atoms with E-state index in [1.165, 1.54) is 7.11 Å². The molecular weight excluding hydrogens is 342 g/mol. The molecule has 0 bridgehead atoms. The van der Waals surface area contributed by atoms with E-state index in [-0.39, 0.29) is 37.5 Å². The summed E-state index contributed by atoms with van der Waals surface area (Å²) in [4.78, 5) is 26.1. The van der Waals surface area contributed by atoms with Gasteiger partial charge in [0.25, 0.3) is 5.91 Å². The van der Waals surface area contributed by atoms with Crippen molar-refractivity contribution in [2.24, 2.45) is 0 Å². The third kappa shape index (κ3) is 5.58. The van der Waals surface area contributed by atoms with Crippen LogP contribution in [0.1, 0.15) is 36.1 Å². The fourth-order valence-corrected chi connectivity index (χ4v) is 3.00. The molecule has 5 heteroatoms. The highest BCUT2D eigenvalue weighted by Crippen LogP contribution is 2.24. The summed E-state index contributed by atoms with van der Waals surface area (Å²) in [5.41, 5.74) is 2.97. The second-order valence-corrected chi connectivity index (χ2v) is 6.51. The predicted octanol–water partition coefficient (Wildman–Crippen LogP) is 3.84. The maximum atomic E-state index is 12.9.